The van der Waals surface area contributed by atoms with Crippen LogP contribution in [-0.2, 0) is 4.79 Å². The van der Waals surface area contributed by atoms with Crippen molar-refractivity contribution in [3.8, 4) is 0 Å². The van der Waals surface area contributed by atoms with Gasteiger partial charge in [-0.15, -0.1) is 0 Å². The first kappa shape index (κ1) is 10.7. The highest BCUT2D eigenvalue weighted by molar-refractivity contribution is 5.89. The fraction of sp³-hybridized carbons (Fsp3) is 0.556. The van der Waals surface area contributed by atoms with Gasteiger partial charge in [0.15, 0.2) is 5.82 Å². The zero-order chi connectivity index (χ0) is 10.4. The van der Waals surface area contributed by atoms with Crippen LogP contribution in [0.25, 0.3) is 0 Å². The summed E-state index contributed by atoms with van der Waals surface area (Å²) in [6, 6.07) is 1.80. The zero-order valence-electron chi connectivity index (χ0n) is 8.55. The van der Waals surface area contributed by atoms with E-state index in [1.807, 2.05) is 14.0 Å². The fourth-order valence-electron chi connectivity index (χ4n) is 1.11. The molecule has 5 heteroatoms. The van der Waals surface area contributed by atoms with Crippen LogP contribution in [0.2, 0.25) is 0 Å². The van der Waals surface area contributed by atoms with Gasteiger partial charge in [-0.1, -0.05) is 0 Å². The van der Waals surface area contributed by atoms with Crippen molar-refractivity contribution in [1.82, 2.24) is 15.5 Å². The van der Waals surface area contributed by atoms with Crippen LogP contribution in [0.4, 0.5) is 5.82 Å². The molecule has 0 saturated carbocycles. The molecular formula is C9H16N4O. The van der Waals surface area contributed by atoms with Gasteiger partial charge in [-0.05, 0) is 26.9 Å². The molecule has 0 aliphatic rings. The van der Waals surface area contributed by atoms with E-state index < -0.39 is 0 Å². The first-order valence-electron chi connectivity index (χ1n) is 4.69. The molecule has 0 spiro atoms. The topological polar surface area (TPSA) is 69.8 Å². The monoisotopic (exact) mass is 196 g/mol. The van der Waals surface area contributed by atoms with Crippen molar-refractivity contribution < 1.29 is 4.79 Å². The summed E-state index contributed by atoms with van der Waals surface area (Å²) in [4.78, 5) is 11.3. The SMILES string of the molecule is CNCCCC(=O)Nc1cc(C)[nH]n1. The minimum atomic E-state index is 0.00625. The lowest BCUT2D eigenvalue weighted by atomic mass is 10.3. The molecule has 1 aromatic heterocycles. The predicted octanol–water partition coefficient (Wildman–Crippen LogP) is 0.656. The van der Waals surface area contributed by atoms with Crippen molar-refractivity contribution in [3.05, 3.63) is 11.8 Å². The van der Waals surface area contributed by atoms with Crippen LogP contribution in [0.3, 0.4) is 0 Å². The third kappa shape index (κ3) is 3.57. The average Bonchev–Trinajstić information content (AvgIpc) is 2.52. The number of aromatic amines is 1. The molecule has 0 aromatic carbocycles. The summed E-state index contributed by atoms with van der Waals surface area (Å²) in [5.74, 6) is 0.601. The second-order valence-electron chi connectivity index (χ2n) is 3.19. The summed E-state index contributed by atoms with van der Waals surface area (Å²) >= 11 is 0. The number of anilines is 1. The molecule has 0 aliphatic carbocycles. The molecule has 1 amide bonds. The molecule has 0 saturated heterocycles. The molecule has 5 nitrogen and oxygen atoms in total. The Morgan fingerprint density at radius 2 is 2.43 bits per heavy atom. The van der Waals surface area contributed by atoms with Gasteiger partial charge in [0.2, 0.25) is 5.91 Å². The van der Waals surface area contributed by atoms with Gasteiger partial charge in [-0.2, -0.15) is 5.10 Å². The normalized spacial score (nSPS) is 10.1. The van der Waals surface area contributed by atoms with Gasteiger partial charge in [0.05, 0.1) is 0 Å². The van der Waals surface area contributed by atoms with Crippen LogP contribution >= 0.6 is 0 Å². The molecule has 14 heavy (non-hydrogen) atoms. The van der Waals surface area contributed by atoms with Crippen molar-refractivity contribution in [3.63, 3.8) is 0 Å². The first-order chi connectivity index (χ1) is 6.72. The van der Waals surface area contributed by atoms with E-state index in [9.17, 15) is 4.79 Å². The van der Waals surface area contributed by atoms with Crippen molar-refractivity contribution in [2.45, 2.75) is 19.8 Å². The lowest BCUT2D eigenvalue weighted by molar-refractivity contribution is -0.116. The number of aromatic nitrogens is 2. The maximum atomic E-state index is 11.3. The number of H-pyrrole nitrogens is 1. The van der Waals surface area contributed by atoms with E-state index in [2.05, 4.69) is 20.8 Å². The van der Waals surface area contributed by atoms with Crippen LogP contribution in [0.5, 0.6) is 0 Å². The second-order valence-corrected chi connectivity index (χ2v) is 3.19. The largest absolute Gasteiger partial charge is 0.320 e. The number of amides is 1. The van der Waals surface area contributed by atoms with E-state index in [-0.39, 0.29) is 5.91 Å². The number of hydrogen-bond acceptors (Lipinski definition) is 3. The van der Waals surface area contributed by atoms with Crippen molar-refractivity contribution in [2.24, 2.45) is 0 Å². The zero-order valence-corrected chi connectivity index (χ0v) is 8.55. The van der Waals surface area contributed by atoms with Gasteiger partial charge in [0.1, 0.15) is 0 Å². The predicted molar refractivity (Wildman–Crippen MR) is 55.1 cm³/mol. The lowest BCUT2D eigenvalue weighted by Crippen LogP contribution is -2.15. The molecule has 0 aliphatic heterocycles. The average molecular weight is 196 g/mol. The van der Waals surface area contributed by atoms with Crippen molar-refractivity contribution in [2.75, 3.05) is 18.9 Å². The highest BCUT2D eigenvalue weighted by atomic mass is 16.1. The maximum Gasteiger partial charge on any atom is 0.225 e. The van der Waals surface area contributed by atoms with Crippen LogP contribution in [0.15, 0.2) is 6.07 Å². The molecule has 3 N–H and O–H groups in total. The minimum absolute atomic E-state index is 0.00625. The molecule has 1 rings (SSSR count). The van der Waals surface area contributed by atoms with Crippen molar-refractivity contribution in [1.29, 1.82) is 0 Å². The summed E-state index contributed by atoms with van der Waals surface area (Å²) in [5, 5.41) is 12.4. The third-order valence-electron chi connectivity index (χ3n) is 1.80. The Bertz CT molecular complexity index is 295. The number of nitrogens with zero attached hydrogens (tertiary/aromatic N) is 1. The Balaban J connectivity index is 2.27. The summed E-state index contributed by atoms with van der Waals surface area (Å²) in [7, 11) is 1.87. The van der Waals surface area contributed by atoms with Crippen LogP contribution < -0.4 is 10.6 Å². The molecular weight excluding hydrogens is 180 g/mol. The number of aryl methyl sites for hydroxylation is 1. The van der Waals surface area contributed by atoms with Crippen LogP contribution in [-0.4, -0.2) is 29.7 Å². The number of carbonyl (C=O) groups excluding carboxylic acids is 1. The molecule has 0 unspecified atom stereocenters. The summed E-state index contributed by atoms with van der Waals surface area (Å²) in [5.41, 5.74) is 0.940. The number of hydrogen-bond donors (Lipinski definition) is 3. The van der Waals surface area contributed by atoms with Gasteiger partial charge in [0, 0.05) is 18.2 Å². The van der Waals surface area contributed by atoms with Crippen LogP contribution in [0.1, 0.15) is 18.5 Å². The third-order valence-corrected chi connectivity index (χ3v) is 1.80. The van der Waals surface area contributed by atoms with Gasteiger partial charge in [-0.3, -0.25) is 9.89 Å². The Hall–Kier alpha value is -1.36. The molecule has 1 aromatic rings. The highest BCUT2D eigenvalue weighted by Gasteiger charge is 2.03. The molecule has 0 bridgehead atoms. The first-order valence-corrected chi connectivity index (χ1v) is 4.69. The fourth-order valence-corrected chi connectivity index (χ4v) is 1.11. The Morgan fingerprint density at radius 1 is 1.64 bits per heavy atom. The Labute approximate surface area is 83.3 Å². The van der Waals surface area contributed by atoms with E-state index in [4.69, 9.17) is 0 Å². The van der Waals surface area contributed by atoms with Crippen LogP contribution in [0, 0.1) is 6.92 Å². The second kappa shape index (κ2) is 5.39. The molecule has 78 valence electrons. The van der Waals surface area contributed by atoms with Gasteiger partial charge in [-0.25, -0.2) is 0 Å². The van der Waals surface area contributed by atoms with E-state index in [1.54, 1.807) is 6.07 Å². The highest BCUT2D eigenvalue weighted by Crippen LogP contribution is 2.04. The molecule has 0 radical (unpaired) electrons. The lowest BCUT2D eigenvalue weighted by Gasteiger charge is -2.00. The quantitative estimate of drug-likeness (QED) is 0.606. The van der Waals surface area contributed by atoms with E-state index >= 15 is 0 Å². The maximum absolute atomic E-state index is 11.3. The van der Waals surface area contributed by atoms with E-state index in [1.165, 1.54) is 0 Å². The smallest absolute Gasteiger partial charge is 0.225 e. The van der Waals surface area contributed by atoms with Gasteiger partial charge in [0.25, 0.3) is 0 Å². The van der Waals surface area contributed by atoms with E-state index in [0.29, 0.717) is 12.2 Å². The van der Waals surface area contributed by atoms with Crippen molar-refractivity contribution >= 4 is 11.7 Å². The molecule has 1 heterocycles. The summed E-state index contributed by atoms with van der Waals surface area (Å²) < 4.78 is 0. The van der Waals surface area contributed by atoms with E-state index in [0.717, 1.165) is 18.7 Å². The van der Waals surface area contributed by atoms with Gasteiger partial charge < -0.3 is 10.6 Å². The Kier molecular flexibility index (Phi) is 4.12. The summed E-state index contributed by atoms with van der Waals surface area (Å²) in [6.45, 7) is 2.75. The molecule has 0 fully saturated rings. The standard InChI is InChI=1S/C9H16N4O/c1-7-6-8(13-12-7)11-9(14)4-3-5-10-2/h6,10H,3-5H2,1-2H3,(H2,11,12,13,14). The number of carbonyl (C=O) groups is 1. The van der Waals surface area contributed by atoms with Gasteiger partial charge >= 0.3 is 0 Å². The summed E-state index contributed by atoms with van der Waals surface area (Å²) in [6.07, 6.45) is 1.36. The molecule has 0 atom stereocenters. The number of nitrogens with one attached hydrogen (secondary N) is 3. The minimum Gasteiger partial charge on any atom is -0.320 e. The Morgan fingerprint density at radius 3 is 3.00 bits per heavy atom. The number of rotatable bonds is 5.